The standard InChI is InChI=1S/C22H23N3O2/c1-15(2)17-8-7-9-18(14-17)16(3)23-22(27)20-12-13-21(26)25(24-20)19-10-5-4-6-11-19/h4-16H,1-3H3,(H,23,27)/t16-/m1/s1. The Balaban J connectivity index is 1.82. The quantitative estimate of drug-likeness (QED) is 0.751. The molecule has 0 spiro atoms. The third kappa shape index (κ3) is 4.31. The SMILES string of the molecule is CC(C)c1cccc([C@@H](C)NC(=O)c2ccc(=O)n(-c3ccccc3)n2)c1. The van der Waals surface area contributed by atoms with Crippen LogP contribution in [-0.4, -0.2) is 15.7 Å². The maximum Gasteiger partial charge on any atom is 0.272 e. The highest BCUT2D eigenvalue weighted by molar-refractivity contribution is 5.92. The van der Waals surface area contributed by atoms with Gasteiger partial charge in [0.25, 0.3) is 11.5 Å². The average Bonchev–Trinajstić information content (AvgIpc) is 2.69. The van der Waals surface area contributed by atoms with Crippen LogP contribution in [0.25, 0.3) is 5.69 Å². The first-order valence-electron chi connectivity index (χ1n) is 9.02. The highest BCUT2D eigenvalue weighted by atomic mass is 16.2. The normalized spacial score (nSPS) is 12.0. The van der Waals surface area contributed by atoms with Crippen molar-refractivity contribution in [3.8, 4) is 5.69 Å². The van der Waals surface area contributed by atoms with E-state index >= 15 is 0 Å². The number of aromatic nitrogens is 2. The van der Waals surface area contributed by atoms with Gasteiger partial charge in [0.2, 0.25) is 0 Å². The molecule has 0 aliphatic heterocycles. The highest BCUT2D eigenvalue weighted by Crippen LogP contribution is 2.20. The molecular formula is C22H23N3O2. The van der Waals surface area contributed by atoms with Gasteiger partial charge >= 0.3 is 0 Å². The fraction of sp³-hybridized carbons (Fsp3) is 0.227. The first kappa shape index (κ1) is 18.6. The molecule has 0 saturated carbocycles. The maximum atomic E-state index is 12.7. The minimum atomic E-state index is -0.317. The Bertz CT molecular complexity index is 994. The lowest BCUT2D eigenvalue weighted by Crippen LogP contribution is -2.30. The zero-order valence-corrected chi connectivity index (χ0v) is 15.7. The minimum Gasteiger partial charge on any atom is -0.344 e. The molecule has 0 aliphatic carbocycles. The van der Waals surface area contributed by atoms with Crippen LogP contribution in [0.1, 0.15) is 54.3 Å². The molecule has 0 fully saturated rings. The topological polar surface area (TPSA) is 64.0 Å². The van der Waals surface area contributed by atoms with Gasteiger partial charge in [-0.15, -0.1) is 0 Å². The summed E-state index contributed by atoms with van der Waals surface area (Å²) in [5, 5.41) is 7.19. The van der Waals surface area contributed by atoms with Crippen molar-refractivity contribution in [1.29, 1.82) is 0 Å². The van der Waals surface area contributed by atoms with Crippen molar-refractivity contribution in [2.75, 3.05) is 0 Å². The van der Waals surface area contributed by atoms with Crippen LogP contribution in [0.3, 0.4) is 0 Å². The zero-order valence-electron chi connectivity index (χ0n) is 15.7. The molecule has 138 valence electrons. The molecule has 1 aromatic heterocycles. The van der Waals surface area contributed by atoms with Crippen LogP contribution in [0.15, 0.2) is 71.5 Å². The van der Waals surface area contributed by atoms with Crippen LogP contribution in [0, 0.1) is 0 Å². The fourth-order valence-electron chi connectivity index (χ4n) is 2.83. The van der Waals surface area contributed by atoms with E-state index in [1.807, 2.05) is 37.3 Å². The van der Waals surface area contributed by atoms with Crippen LogP contribution in [0.5, 0.6) is 0 Å². The van der Waals surface area contributed by atoms with E-state index in [1.54, 1.807) is 12.1 Å². The van der Waals surface area contributed by atoms with Gasteiger partial charge in [-0.1, -0.05) is 56.3 Å². The van der Waals surface area contributed by atoms with Crippen molar-refractivity contribution in [2.45, 2.75) is 32.7 Å². The van der Waals surface area contributed by atoms with E-state index < -0.39 is 0 Å². The van der Waals surface area contributed by atoms with E-state index in [1.165, 1.54) is 22.4 Å². The zero-order chi connectivity index (χ0) is 19.4. The first-order chi connectivity index (χ1) is 13.0. The molecule has 3 aromatic rings. The van der Waals surface area contributed by atoms with Gasteiger partial charge in [-0.25, -0.2) is 0 Å². The Morgan fingerprint density at radius 3 is 2.33 bits per heavy atom. The van der Waals surface area contributed by atoms with Gasteiger partial charge in [0.1, 0.15) is 5.69 Å². The summed E-state index contributed by atoms with van der Waals surface area (Å²) < 4.78 is 1.24. The lowest BCUT2D eigenvalue weighted by Gasteiger charge is -2.16. The Morgan fingerprint density at radius 2 is 1.63 bits per heavy atom. The Labute approximate surface area is 158 Å². The van der Waals surface area contributed by atoms with Crippen molar-refractivity contribution in [1.82, 2.24) is 15.1 Å². The average molecular weight is 361 g/mol. The van der Waals surface area contributed by atoms with Gasteiger partial charge in [-0.05, 0) is 42.2 Å². The van der Waals surface area contributed by atoms with Crippen molar-refractivity contribution in [3.63, 3.8) is 0 Å². The Kier molecular flexibility index (Phi) is 5.50. The molecule has 0 aliphatic rings. The summed E-state index contributed by atoms with van der Waals surface area (Å²) in [6.45, 7) is 6.21. The van der Waals surface area contributed by atoms with Gasteiger partial charge in [0, 0.05) is 6.07 Å². The summed E-state index contributed by atoms with van der Waals surface area (Å²) in [5.41, 5.74) is 2.80. The minimum absolute atomic E-state index is 0.171. The second-order valence-corrected chi connectivity index (χ2v) is 6.82. The van der Waals surface area contributed by atoms with Gasteiger partial charge in [-0.2, -0.15) is 9.78 Å². The van der Waals surface area contributed by atoms with Crippen LogP contribution in [-0.2, 0) is 0 Å². The summed E-state index contributed by atoms with van der Waals surface area (Å²) in [5.74, 6) is 0.103. The number of amides is 1. The van der Waals surface area contributed by atoms with Gasteiger partial charge in [0.05, 0.1) is 11.7 Å². The van der Waals surface area contributed by atoms with E-state index in [9.17, 15) is 9.59 Å². The smallest absolute Gasteiger partial charge is 0.272 e. The molecule has 0 bridgehead atoms. The largest absolute Gasteiger partial charge is 0.344 e. The number of rotatable bonds is 5. The van der Waals surface area contributed by atoms with Gasteiger partial charge in [0.15, 0.2) is 0 Å². The van der Waals surface area contributed by atoms with Crippen LogP contribution in [0.4, 0.5) is 0 Å². The number of para-hydroxylation sites is 1. The van der Waals surface area contributed by atoms with Crippen LogP contribution in [0.2, 0.25) is 0 Å². The second-order valence-electron chi connectivity index (χ2n) is 6.82. The number of carbonyl (C=O) groups excluding carboxylic acids is 1. The van der Waals surface area contributed by atoms with Crippen LogP contribution >= 0.6 is 0 Å². The molecule has 5 nitrogen and oxygen atoms in total. The monoisotopic (exact) mass is 361 g/mol. The Morgan fingerprint density at radius 1 is 0.926 bits per heavy atom. The van der Waals surface area contributed by atoms with Crippen molar-refractivity contribution in [2.24, 2.45) is 0 Å². The summed E-state index contributed by atoms with van der Waals surface area (Å²) in [4.78, 5) is 24.8. The predicted molar refractivity (Wildman–Crippen MR) is 106 cm³/mol. The number of nitrogens with zero attached hydrogens (tertiary/aromatic N) is 2. The molecule has 1 atom stereocenters. The first-order valence-corrected chi connectivity index (χ1v) is 9.02. The number of carbonyl (C=O) groups is 1. The molecule has 27 heavy (non-hydrogen) atoms. The molecule has 1 heterocycles. The molecular weight excluding hydrogens is 338 g/mol. The number of hydrogen-bond acceptors (Lipinski definition) is 3. The highest BCUT2D eigenvalue weighted by Gasteiger charge is 2.15. The number of nitrogens with one attached hydrogen (secondary N) is 1. The van der Waals surface area contributed by atoms with Crippen LogP contribution < -0.4 is 10.9 Å². The third-order valence-corrected chi connectivity index (χ3v) is 4.46. The van der Waals surface area contributed by atoms with Gasteiger partial charge < -0.3 is 5.32 Å². The van der Waals surface area contributed by atoms with E-state index in [2.05, 4.69) is 36.4 Å². The molecule has 3 rings (SSSR count). The summed E-state index contributed by atoms with van der Waals surface area (Å²) in [6.07, 6.45) is 0. The van der Waals surface area contributed by atoms with E-state index in [4.69, 9.17) is 0 Å². The molecule has 0 saturated heterocycles. The summed E-state index contributed by atoms with van der Waals surface area (Å²) in [6, 6.07) is 19.9. The van der Waals surface area contributed by atoms with Crippen molar-refractivity contribution >= 4 is 5.91 Å². The predicted octanol–water partition coefficient (Wildman–Crippen LogP) is 3.85. The molecule has 1 amide bonds. The molecule has 0 unspecified atom stereocenters. The van der Waals surface area contributed by atoms with Crippen molar-refractivity contribution < 1.29 is 4.79 Å². The maximum absolute atomic E-state index is 12.7. The van der Waals surface area contributed by atoms with Gasteiger partial charge in [-0.3, -0.25) is 9.59 Å². The lowest BCUT2D eigenvalue weighted by molar-refractivity contribution is 0.0933. The summed E-state index contributed by atoms with van der Waals surface area (Å²) in [7, 11) is 0. The van der Waals surface area contributed by atoms with E-state index in [0.29, 0.717) is 11.6 Å². The van der Waals surface area contributed by atoms with Crippen molar-refractivity contribution in [3.05, 3.63) is 93.9 Å². The number of hydrogen-bond donors (Lipinski definition) is 1. The summed E-state index contributed by atoms with van der Waals surface area (Å²) >= 11 is 0. The number of benzene rings is 2. The third-order valence-electron chi connectivity index (χ3n) is 4.46. The second kappa shape index (κ2) is 7.99. The molecule has 5 heteroatoms. The van der Waals surface area contributed by atoms with E-state index in [-0.39, 0.29) is 23.2 Å². The fourth-order valence-corrected chi connectivity index (χ4v) is 2.83. The Hall–Kier alpha value is -3.21. The molecule has 0 radical (unpaired) electrons. The van der Waals surface area contributed by atoms with E-state index in [0.717, 1.165) is 5.56 Å². The molecule has 1 N–H and O–H groups in total. The molecule has 2 aromatic carbocycles. The lowest BCUT2D eigenvalue weighted by atomic mass is 9.98.